The summed E-state index contributed by atoms with van der Waals surface area (Å²) in [6.07, 6.45) is 4.93. The maximum absolute atomic E-state index is 5.27. The Kier molecular flexibility index (Phi) is 4.94. The molecule has 1 atom stereocenters. The minimum absolute atomic E-state index is 0.727. The third kappa shape index (κ3) is 3.58. The molecule has 3 nitrogen and oxygen atoms in total. The van der Waals surface area contributed by atoms with Crippen molar-refractivity contribution in [2.24, 2.45) is 0 Å². The van der Waals surface area contributed by atoms with Gasteiger partial charge in [0, 0.05) is 12.1 Å². The van der Waals surface area contributed by atoms with Crippen molar-refractivity contribution in [2.75, 3.05) is 19.6 Å². The maximum Gasteiger partial charge on any atom is 0.137 e. The number of likely N-dealkylation sites (tertiary alicyclic amines) is 1. The van der Waals surface area contributed by atoms with Crippen molar-refractivity contribution in [3.05, 3.63) is 52.9 Å². The Morgan fingerprint density at radius 1 is 1.14 bits per heavy atom. The number of hydrogen-bond acceptors (Lipinski definition) is 3. The summed E-state index contributed by atoms with van der Waals surface area (Å²) in [4.78, 5) is 2.61. The molecule has 0 N–H and O–H groups in total. The van der Waals surface area contributed by atoms with Crippen molar-refractivity contribution in [2.45, 2.75) is 45.4 Å². The van der Waals surface area contributed by atoms with E-state index < -0.39 is 0 Å². The maximum atomic E-state index is 5.27. The van der Waals surface area contributed by atoms with Crippen LogP contribution < -0.4 is 0 Å². The summed E-state index contributed by atoms with van der Waals surface area (Å²) in [5, 5.41) is 4.06. The molecule has 0 radical (unpaired) electrons. The molecule has 1 aliphatic rings. The fraction of sp³-hybridized carbons (Fsp3) is 0.526. The van der Waals surface area contributed by atoms with Crippen LogP contribution in [0.2, 0.25) is 0 Å². The fourth-order valence-corrected chi connectivity index (χ4v) is 3.57. The molecule has 22 heavy (non-hydrogen) atoms. The largest absolute Gasteiger partial charge is 0.361 e. The number of nitrogens with zero attached hydrogens (tertiary/aromatic N) is 2. The molecule has 1 aliphatic heterocycles. The van der Waals surface area contributed by atoms with Crippen molar-refractivity contribution in [1.82, 2.24) is 10.1 Å². The van der Waals surface area contributed by atoms with Gasteiger partial charge in [-0.2, -0.15) is 0 Å². The molecule has 3 rings (SSSR count). The van der Waals surface area contributed by atoms with Crippen LogP contribution in [0.3, 0.4) is 0 Å². The number of aromatic nitrogens is 1. The summed E-state index contributed by atoms with van der Waals surface area (Å²) < 4.78 is 5.27. The lowest BCUT2D eigenvalue weighted by Crippen LogP contribution is -2.27. The molecule has 1 saturated heterocycles. The first-order valence-corrected chi connectivity index (χ1v) is 8.43. The van der Waals surface area contributed by atoms with Gasteiger partial charge in [-0.1, -0.05) is 35.5 Å². The second-order valence-electron chi connectivity index (χ2n) is 6.43. The van der Waals surface area contributed by atoms with Gasteiger partial charge in [0.2, 0.25) is 0 Å². The van der Waals surface area contributed by atoms with Crippen LogP contribution in [-0.4, -0.2) is 29.7 Å². The van der Waals surface area contributed by atoms with Gasteiger partial charge in [-0.3, -0.25) is 0 Å². The molecule has 118 valence electrons. The highest BCUT2D eigenvalue weighted by Crippen LogP contribution is 2.28. The van der Waals surface area contributed by atoms with Crippen LogP contribution in [0.5, 0.6) is 0 Å². The minimum atomic E-state index is 0.727. The van der Waals surface area contributed by atoms with Crippen LogP contribution in [0.25, 0.3) is 0 Å². The third-order valence-corrected chi connectivity index (χ3v) is 4.95. The zero-order valence-electron chi connectivity index (χ0n) is 13.7. The van der Waals surface area contributed by atoms with Crippen molar-refractivity contribution < 1.29 is 4.52 Å². The van der Waals surface area contributed by atoms with Crippen molar-refractivity contribution in [1.29, 1.82) is 0 Å². The van der Waals surface area contributed by atoms with Crippen LogP contribution >= 0.6 is 0 Å². The van der Waals surface area contributed by atoms with Crippen molar-refractivity contribution in [3.63, 3.8) is 0 Å². The van der Waals surface area contributed by atoms with E-state index in [9.17, 15) is 0 Å². The number of rotatable bonds is 4. The summed E-state index contributed by atoms with van der Waals surface area (Å²) >= 11 is 0. The first kappa shape index (κ1) is 15.3. The van der Waals surface area contributed by atoms with Crippen LogP contribution in [0.4, 0.5) is 0 Å². The van der Waals surface area contributed by atoms with Crippen LogP contribution in [0.15, 0.2) is 34.9 Å². The molecule has 3 heteroatoms. The number of hydrogen-bond donors (Lipinski definition) is 0. The molecule has 1 fully saturated rings. The number of benzene rings is 1. The molecule has 0 amide bonds. The average Bonchev–Trinajstić information content (AvgIpc) is 2.75. The summed E-state index contributed by atoms with van der Waals surface area (Å²) in [5.74, 6) is 1.71. The van der Waals surface area contributed by atoms with E-state index in [1.807, 2.05) is 13.8 Å². The lowest BCUT2D eigenvalue weighted by atomic mass is 9.92. The van der Waals surface area contributed by atoms with Gasteiger partial charge in [-0.05, 0) is 64.1 Å². The van der Waals surface area contributed by atoms with E-state index in [0.717, 1.165) is 30.3 Å². The van der Waals surface area contributed by atoms with E-state index >= 15 is 0 Å². The molecule has 1 aromatic heterocycles. The van der Waals surface area contributed by atoms with E-state index in [-0.39, 0.29) is 0 Å². The molecule has 2 heterocycles. The van der Waals surface area contributed by atoms with Crippen molar-refractivity contribution in [3.8, 4) is 0 Å². The Morgan fingerprint density at radius 2 is 1.95 bits per heavy atom. The second kappa shape index (κ2) is 7.10. The molecule has 1 aromatic carbocycles. The second-order valence-corrected chi connectivity index (χ2v) is 6.43. The Bertz CT molecular complexity index is 571. The van der Waals surface area contributed by atoms with E-state index in [0.29, 0.717) is 0 Å². The Labute approximate surface area is 133 Å². The van der Waals surface area contributed by atoms with E-state index in [1.165, 1.54) is 43.5 Å². The monoisotopic (exact) mass is 298 g/mol. The standard InChI is InChI=1S/C19H26N2O/c1-15-19(16(2)22-20-15)11-14-21-12-6-9-18(10-13-21)17-7-4-3-5-8-17/h3-5,7-8,18H,6,9-14H2,1-2H3. The minimum Gasteiger partial charge on any atom is -0.361 e. The average molecular weight is 298 g/mol. The molecule has 1 unspecified atom stereocenters. The van der Waals surface area contributed by atoms with Crippen molar-refractivity contribution >= 4 is 0 Å². The highest BCUT2D eigenvalue weighted by Gasteiger charge is 2.19. The van der Waals surface area contributed by atoms with Crippen LogP contribution in [-0.2, 0) is 6.42 Å². The first-order chi connectivity index (χ1) is 10.7. The molecular formula is C19H26N2O. The fourth-order valence-electron chi connectivity index (χ4n) is 3.57. The van der Waals surface area contributed by atoms with Gasteiger partial charge in [0.05, 0.1) is 5.69 Å². The van der Waals surface area contributed by atoms with E-state index in [2.05, 4.69) is 40.4 Å². The molecule has 0 spiro atoms. The highest BCUT2D eigenvalue weighted by molar-refractivity contribution is 5.21. The summed E-state index contributed by atoms with van der Waals surface area (Å²) in [7, 11) is 0. The van der Waals surface area contributed by atoms with E-state index in [1.54, 1.807) is 0 Å². The molecule has 0 bridgehead atoms. The molecular weight excluding hydrogens is 272 g/mol. The molecule has 0 aliphatic carbocycles. The van der Waals surface area contributed by atoms with Gasteiger partial charge in [-0.25, -0.2) is 0 Å². The Hall–Kier alpha value is -1.61. The summed E-state index contributed by atoms with van der Waals surface area (Å²) in [5.41, 5.74) is 3.86. The van der Waals surface area contributed by atoms with Gasteiger partial charge in [0.25, 0.3) is 0 Å². The summed E-state index contributed by atoms with van der Waals surface area (Å²) in [6.45, 7) is 7.59. The normalized spacial score (nSPS) is 20.0. The summed E-state index contributed by atoms with van der Waals surface area (Å²) in [6, 6.07) is 11.0. The van der Waals surface area contributed by atoms with Crippen LogP contribution in [0, 0.1) is 13.8 Å². The third-order valence-electron chi connectivity index (χ3n) is 4.95. The topological polar surface area (TPSA) is 29.3 Å². The van der Waals surface area contributed by atoms with Gasteiger partial charge in [0.15, 0.2) is 0 Å². The lowest BCUT2D eigenvalue weighted by Gasteiger charge is -2.20. The Balaban J connectivity index is 1.55. The predicted molar refractivity (Wildman–Crippen MR) is 89.2 cm³/mol. The highest BCUT2D eigenvalue weighted by atomic mass is 16.5. The lowest BCUT2D eigenvalue weighted by molar-refractivity contribution is 0.287. The molecule has 2 aromatic rings. The number of aryl methyl sites for hydroxylation is 2. The van der Waals surface area contributed by atoms with Gasteiger partial charge >= 0.3 is 0 Å². The van der Waals surface area contributed by atoms with Gasteiger partial charge < -0.3 is 9.42 Å². The zero-order valence-corrected chi connectivity index (χ0v) is 13.7. The quantitative estimate of drug-likeness (QED) is 0.851. The van der Waals surface area contributed by atoms with Gasteiger partial charge in [0.1, 0.15) is 5.76 Å². The van der Waals surface area contributed by atoms with Crippen LogP contribution in [0.1, 0.15) is 47.8 Å². The smallest absolute Gasteiger partial charge is 0.137 e. The van der Waals surface area contributed by atoms with E-state index in [4.69, 9.17) is 4.52 Å². The molecule has 0 saturated carbocycles. The predicted octanol–water partition coefficient (Wildman–Crippen LogP) is 4.10. The SMILES string of the molecule is Cc1noc(C)c1CCN1CCCC(c2ccccc2)CC1. The first-order valence-electron chi connectivity index (χ1n) is 8.43. The Morgan fingerprint density at radius 3 is 2.68 bits per heavy atom. The van der Waals surface area contributed by atoms with Gasteiger partial charge in [-0.15, -0.1) is 0 Å². The zero-order chi connectivity index (χ0) is 15.4.